The molecule has 0 saturated carbocycles. The number of hydrogen-bond donors (Lipinski definition) is 1. The summed E-state index contributed by atoms with van der Waals surface area (Å²) in [4.78, 5) is 0. The molecule has 1 aromatic carbocycles. The zero-order chi connectivity index (χ0) is 11.4. The average molecular weight is 223 g/mol. The Labute approximate surface area is 94.2 Å². The van der Waals surface area contributed by atoms with Crippen LogP contribution in [0.25, 0.3) is 0 Å². The van der Waals surface area contributed by atoms with Crippen molar-refractivity contribution in [3.05, 3.63) is 42.0 Å². The molecular weight excluding hydrogens is 208 g/mol. The second kappa shape index (κ2) is 5.10. The van der Waals surface area contributed by atoms with Crippen LogP contribution >= 0.6 is 0 Å². The predicted octanol–water partition coefficient (Wildman–Crippen LogP) is 3.73. The van der Waals surface area contributed by atoms with Gasteiger partial charge in [0.15, 0.2) is 0 Å². The average Bonchev–Trinajstić information content (AvgIpc) is 2.27. The molecule has 0 spiro atoms. The number of rotatable bonds is 3. The van der Waals surface area contributed by atoms with Gasteiger partial charge >= 0.3 is 0 Å². The van der Waals surface area contributed by atoms with Crippen LogP contribution in [0, 0.1) is 17.6 Å². The van der Waals surface area contributed by atoms with Gasteiger partial charge in [-0.3, -0.25) is 0 Å². The molecule has 0 amide bonds. The highest BCUT2D eigenvalue weighted by Gasteiger charge is 2.09. The first-order valence-electron chi connectivity index (χ1n) is 5.59. The van der Waals surface area contributed by atoms with E-state index in [0.29, 0.717) is 11.6 Å². The van der Waals surface area contributed by atoms with Crippen LogP contribution in [0.15, 0.2) is 30.4 Å². The summed E-state index contributed by atoms with van der Waals surface area (Å²) in [6.07, 6.45) is 7.64. The Morgan fingerprint density at radius 3 is 2.50 bits per heavy atom. The zero-order valence-electron chi connectivity index (χ0n) is 9.05. The third-order valence-electron chi connectivity index (χ3n) is 2.84. The fourth-order valence-corrected chi connectivity index (χ4v) is 1.96. The highest BCUT2D eigenvalue weighted by atomic mass is 19.1. The molecule has 1 atom stereocenters. The number of halogens is 2. The Kier molecular flexibility index (Phi) is 3.54. The number of anilines is 1. The van der Waals surface area contributed by atoms with Crippen LogP contribution in [-0.4, -0.2) is 6.54 Å². The van der Waals surface area contributed by atoms with Crippen molar-refractivity contribution < 1.29 is 8.78 Å². The van der Waals surface area contributed by atoms with Gasteiger partial charge < -0.3 is 5.32 Å². The molecular formula is C13H15F2N. The molecule has 0 aliphatic heterocycles. The van der Waals surface area contributed by atoms with Gasteiger partial charge in [-0.05, 0) is 37.3 Å². The largest absolute Gasteiger partial charge is 0.385 e. The van der Waals surface area contributed by atoms with Gasteiger partial charge in [-0.25, -0.2) is 8.78 Å². The molecule has 2 rings (SSSR count). The van der Waals surface area contributed by atoms with Crippen molar-refractivity contribution in [3.63, 3.8) is 0 Å². The molecule has 1 nitrogen and oxygen atoms in total. The molecule has 0 bridgehead atoms. The normalized spacial score (nSPS) is 19.8. The lowest BCUT2D eigenvalue weighted by atomic mass is 9.94. The maximum atomic E-state index is 12.9. The summed E-state index contributed by atoms with van der Waals surface area (Å²) in [5.41, 5.74) is 0.520. The molecule has 3 heteroatoms. The molecule has 1 aliphatic carbocycles. The third-order valence-corrected chi connectivity index (χ3v) is 2.84. The van der Waals surface area contributed by atoms with Gasteiger partial charge in [0.25, 0.3) is 0 Å². The van der Waals surface area contributed by atoms with Crippen LogP contribution in [0.5, 0.6) is 0 Å². The van der Waals surface area contributed by atoms with Crippen molar-refractivity contribution in [2.45, 2.75) is 19.3 Å². The van der Waals surface area contributed by atoms with E-state index in [-0.39, 0.29) is 0 Å². The molecule has 86 valence electrons. The molecule has 1 aliphatic rings. The highest BCUT2D eigenvalue weighted by molar-refractivity contribution is 5.43. The van der Waals surface area contributed by atoms with E-state index in [0.717, 1.165) is 31.9 Å². The predicted molar refractivity (Wildman–Crippen MR) is 61.3 cm³/mol. The molecule has 0 radical (unpaired) electrons. The summed E-state index contributed by atoms with van der Waals surface area (Å²) < 4.78 is 25.8. The molecule has 1 unspecified atom stereocenters. The minimum Gasteiger partial charge on any atom is -0.385 e. The molecule has 1 aromatic rings. The van der Waals surface area contributed by atoms with E-state index < -0.39 is 11.6 Å². The maximum absolute atomic E-state index is 12.9. The van der Waals surface area contributed by atoms with Crippen LogP contribution in [0.3, 0.4) is 0 Å². The fourth-order valence-electron chi connectivity index (χ4n) is 1.96. The second-order valence-electron chi connectivity index (χ2n) is 4.19. The lowest BCUT2D eigenvalue weighted by molar-refractivity contribution is 0.503. The Bertz CT molecular complexity index is 367. The summed E-state index contributed by atoms with van der Waals surface area (Å²) in [6.45, 7) is 0.771. The van der Waals surface area contributed by atoms with Crippen molar-refractivity contribution in [2.75, 3.05) is 11.9 Å². The van der Waals surface area contributed by atoms with Gasteiger partial charge in [0.1, 0.15) is 11.6 Å². The second-order valence-corrected chi connectivity index (χ2v) is 4.19. The van der Waals surface area contributed by atoms with E-state index >= 15 is 0 Å². The number of allylic oxidation sites excluding steroid dienone is 2. The number of nitrogens with one attached hydrogen (secondary N) is 1. The van der Waals surface area contributed by atoms with E-state index in [1.165, 1.54) is 12.1 Å². The van der Waals surface area contributed by atoms with E-state index in [4.69, 9.17) is 0 Å². The number of benzene rings is 1. The first kappa shape index (κ1) is 11.1. The minimum atomic E-state index is -0.536. The summed E-state index contributed by atoms with van der Waals surface area (Å²) in [5.74, 6) is -0.506. The van der Waals surface area contributed by atoms with Crippen LogP contribution in [0.1, 0.15) is 19.3 Å². The van der Waals surface area contributed by atoms with Gasteiger partial charge in [0, 0.05) is 18.3 Å². The quantitative estimate of drug-likeness (QED) is 0.770. The van der Waals surface area contributed by atoms with Gasteiger partial charge in [0.2, 0.25) is 0 Å². The standard InChI is InChI=1S/C13H15F2N/c14-11-6-12(15)8-13(7-11)16-9-10-4-2-1-3-5-10/h1-2,6-8,10,16H,3-5,9H2. The first-order chi connectivity index (χ1) is 7.74. The van der Waals surface area contributed by atoms with Gasteiger partial charge in [-0.2, -0.15) is 0 Å². The van der Waals surface area contributed by atoms with Crippen molar-refractivity contribution in [2.24, 2.45) is 5.92 Å². The summed E-state index contributed by atoms with van der Waals surface area (Å²) in [7, 11) is 0. The number of hydrogen-bond acceptors (Lipinski definition) is 1. The third kappa shape index (κ3) is 3.05. The lowest BCUT2D eigenvalue weighted by Crippen LogP contribution is -2.15. The van der Waals surface area contributed by atoms with Gasteiger partial charge in [0.05, 0.1) is 0 Å². The molecule has 1 N–H and O–H groups in total. The Morgan fingerprint density at radius 2 is 1.88 bits per heavy atom. The zero-order valence-corrected chi connectivity index (χ0v) is 9.05. The molecule has 0 aromatic heterocycles. The van der Waals surface area contributed by atoms with Crippen LogP contribution < -0.4 is 5.32 Å². The summed E-state index contributed by atoms with van der Waals surface area (Å²) in [6, 6.07) is 3.53. The first-order valence-corrected chi connectivity index (χ1v) is 5.59. The molecule has 16 heavy (non-hydrogen) atoms. The van der Waals surface area contributed by atoms with Crippen LogP contribution in [0.2, 0.25) is 0 Å². The lowest BCUT2D eigenvalue weighted by Gasteiger charge is -2.18. The molecule has 0 fully saturated rings. The van der Waals surface area contributed by atoms with Crippen molar-refractivity contribution in [1.82, 2.24) is 0 Å². The summed E-state index contributed by atoms with van der Waals surface area (Å²) in [5, 5.41) is 3.08. The van der Waals surface area contributed by atoms with Gasteiger partial charge in [-0.1, -0.05) is 12.2 Å². The Hall–Kier alpha value is -1.38. The molecule has 0 heterocycles. The maximum Gasteiger partial charge on any atom is 0.128 e. The topological polar surface area (TPSA) is 12.0 Å². The Morgan fingerprint density at radius 1 is 1.12 bits per heavy atom. The Balaban J connectivity index is 1.91. The van der Waals surface area contributed by atoms with Crippen molar-refractivity contribution in [1.29, 1.82) is 0 Å². The minimum absolute atomic E-state index is 0.520. The van der Waals surface area contributed by atoms with Gasteiger partial charge in [-0.15, -0.1) is 0 Å². The fraction of sp³-hybridized carbons (Fsp3) is 0.385. The molecule has 0 saturated heterocycles. The van der Waals surface area contributed by atoms with E-state index in [9.17, 15) is 8.78 Å². The van der Waals surface area contributed by atoms with Crippen molar-refractivity contribution in [3.8, 4) is 0 Å². The van der Waals surface area contributed by atoms with E-state index in [2.05, 4.69) is 17.5 Å². The SMILES string of the molecule is Fc1cc(F)cc(NCC2CC=CCC2)c1. The van der Waals surface area contributed by atoms with Crippen LogP contribution in [-0.2, 0) is 0 Å². The monoisotopic (exact) mass is 223 g/mol. The van der Waals surface area contributed by atoms with Crippen LogP contribution in [0.4, 0.5) is 14.5 Å². The van der Waals surface area contributed by atoms with E-state index in [1.54, 1.807) is 0 Å². The van der Waals surface area contributed by atoms with Crippen molar-refractivity contribution >= 4 is 5.69 Å². The highest BCUT2D eigenvalue weighted by Crippen LogP contribution is 2.19. The van der Waals surface area contributed by atoms with E-state index in [1.807, 2.05) is 0 Å². The smallest absolute Gasteiger partial charge is 0.128 e. The summed E-state index contributed by atoms with van der Waals surface area (Å²) >= 11 is 0.